The second-order valence-corrected chi connectivity index (χ2v) is 8.63. The number of ether oxygens (including phenoxy) is 3. The first-order chi connectivity index (χ1) is 13.1. The summed E-state index contributed by atoms with van der Waals surface area (Å²) in [5, 5.41) is 0. The van der Waals surface area contributed by atoms with Crippen molar-refractivity contribution in [1.82, 2.24) is 0 Å². The summed E-state index contributed by atoms with van der Waals surface area (Å²) in [5.41, 5.74) is -0.574. The molecule has 0 saturated carbocycles. The summed E-state index contributed by atoms with van der Waals surface area (Å²) < 4.78 is 29.2. The molecule has 0 amide bonds. The number of hydrogen-bond acceptors (Lipinski definition) is 5. The molecule has 0 bridgehead atoms. The Labute approximate surface area is 169 Å². The number of hydrogen-bond donors (Lipinski definition) is 0. The molecular weight excluding hydrogens is 356 g/mol. The molecule has 0 spiro atoms. The van der Waals surface area contributed by atoms with Crippen LogP contribution in [0.15, 0.2) is 33.1 Å². The van der Waals surface area contributed by atoms with Crippen molar-refractivity contribution < 1.29 is 23.0 Å². The summed E-state index contributed by atoms with van der Waals surface area (Å²) >= 11 is 0. The lowest BCUT2D eigenvalue weighted by Crippen LogP contribution is -2.44. The van der Waals surface area contributed by atoms with Gasteiger partial charge in [-0.3, -0.25) is 0 Å². The van der Waals surface area contributed by atoms with Crippen LogP contribution < -0.4 is 0 Å². The average molecular weight is 393 g/mol. The van der Waals surface area contributed by atoms with E-state index in [1.54, 1.807) is 0 Å². The standard InChI is InChI=1S/C23H36O5/c1-8-18-9-10-21(27-18)15-26-23(6,7)22(4,5)16-24-13-19-11-12-20(28-19)14-25-17(2)3/h9-12,17H,8,13-16H2,1-7H3. The zero-order valence-electron chi connectivity index (χ0n) is 18.5. The average Bonchev–Trinajstić information content (AvgIpc) is 3.27. The van der Waals surface area contributed by atoms with Crippen LogP contribution in [0.3, 0.4) is 0 Å². The van der Waals surface area contributed by atoms with Gasteiger partial charge in [0.15, 0.2) is 0 Å². The third kappa shape index (κ3) is 6.50. The normalized spacial score (nSPS) is 12.9. The van der Waals surface area contributed by atoms with Crippen molar-refractivity contribution in [2.75, 3.05) is 6.61 Å². The third-order valence-electron chi connectivity index (χ3n) is 5.25. The lowest BCUT2D eigenvalue weighted by Gasteiger charge is -2.41. The van der Waals surface area contributed by atoms with E-state index in [0.29, 0.717) is 26.4 Å². The predicted octanol–water partition coefficient (Wildman–Crippen LogP) is 5.90. The first-order valence-corrected chi connectivity index (χ1v) is 10.1. The van der Waals surface area contributed by atoms with Gasteiger partial charge in [0.2, 0.25) is 0 Å². The van der Waals surface area contributed by atoms with Crippen molar-refractivity contribution in [2.45, 2.75) is 86.4 Å². The van der Waals surface area contributed by atoms with Gasteiger partial charge in [0.05, 0.1) is 18.3 Å². The first-order valence-electron chi connectivity index (χ1n) is 10.1. The molecule has 2 heterocycles. The van der Waals surface area contributed by atoms with Crippen LogP contribution in [0, 0.1) is 5.41 Å². The Bertz CT molecular complexity index is 708. The summed E-state index contributed by atoms with van der Waals surface area (Å²) in [6.45, 7) is 16.5. The van der Waals surface area contributed by atoms with E-state index >= 15 is 0 Å². The molecule has 2 rings (SSSR count). The van der Waals surface area contributed by atoms with Crippen molar-refractivity contribution in [3.63, 3.8) is 0 Å². The fourth-order valence-electron chi connectivity index (χ4n) is 2.54. The van der Waals surface area contributed by atoms with E-state index in [1.165, 1.54) is 0 Å². The maximum absolute atomic E-state index is 6.19. The Kier molecular flexibility index (Phi) is 7.93. The highest BCUT2D eigenvalue weighted by Gasteiger charge is 2.38. The summed E-state index contributed by atoms with van der Waals surface area (Å²) in [6, 6.07) is 7.86. The number of aryl methyl sites for hydroxylation is 1. The van der Waals surface area contributed by atoms with Crippen LogP contribution in [0.2, 0.25) is 0 Å². The van der Waals surface area contributed by atoms with Gasteiger partial charge in [-0.05, 0) is 52.0 Å². The van der Waals surface area contributed by atoms with Gasteiger partial charge in [0.1, 0.15) is 42.9 Å². The molecule has 0 radical (unpaired) electrons. The van der Waals surface area contributed by atoms with Gasteiger partial charge in [0.25, 0.3) is 0 Å². The molecule has 0 aliphatic carbocycles. The molecule has 158 valence electrons. The van der Waals surface area contributed by atoms with Crippen molar-refractivity contribution in [3.05, 3.63) is 47.3 Å². The highest BCUT2D eigenvalue weighted by atomic mass is 16.5. The predicted molar refractivity (Wildman–Crippen MR) is 109 cm³/mol. The highest BCUT2D eigenvalue weighted by Crippen LogP contribution is 2.35. The second kappa shape index (κ2) is 9.77. The van der Waals surface area contributed by atoms with Crippen LogP contribution in [0.25, 0.3) is 0 Å². The van der Waals surface area contributed by atoms with Gasteiger partial charge in [0, 0.05) is 11.8 Å². The van der Waals surface area contributed by atoms with Crippen LogP contribution in [0.1, 0.15) is 71.5 Å². The van der Waals surface area contributed by atoms with E-state index in [4.69, 9.17) is 23.0 Å². The Hall–Kier alpha value is -1.56. The van der Waals surface area contributed by atoms with Crippen LogP contribution in [-0.4, -0.2) is 18.3 Å². The SMILES string of the molecule is CCc1ccc(COC(C)(C)C(C)(C)COCc2ccc(COC(C)C)o2)o1. The molecule has 5 nitrogen and oxygen atoms in total. The minimum Gasteiger partial charge on any atom is -0.464 e. The first kappa shape index (κ1) is 22.7. The van der Waals surface area contributed by atoms with E-state index in [9.17, 15) is 0 Å². The van der Waals surface area contributed by atoms with E-state index in [2.05, 4.69) is 34.6 Å². The molecule has 5 heteroatoms. The smallest absolute Gasteiger partial charge is 0.130 e. The Morgan fingerprint density at radius 3 is 1.93 bits per heavy atom. The summed E-state index contributed by atoms with van der Waals surface area (Å²) in [4.78, 5) is 0. The summed E-state index contributed by atoms with van der Waals surface area (Å²) in [7, 11) is 0. The molecule has 2 aromatic rings. The fraction of sp³-hybridized carbons (Fsp3) is 0.652. The Morgan fingerprint density at radius 2 is 1.36 bits per heavy atom. The molecule has 0 aromatic carbocycles. The van der Waals surface area contributed by atoms with Crippen LogP contribution in [0.4, 0.5) is 0 Å². The van der Waals surface area contributed by atoms with Gasteiger partial charge in [-0.1, -0.05) is 20.8 Å². The maximum Gasteiger partial charge on any atom is 0.130 e. The van der Waals surface area contributed by atoms with Gasteiger partial charge in [-0.25, -0.2) is 0 Å². The van der Waals surface area contributed by atoms with Crippen molar-refractivity contribution in [3.8, 4) is 0 Å². The third-order valence-corrected chi connectivity index (χ3v) is 5.25. The largest absolute Gasteiger partial charge is 0.464 e. The van der Waals surface area contributed by atoms with Crippen LogP contribution >= 0.6 is 0 Å². The van der Waals surface area contributed by atoms with Gasteiger partial charge < -0.3 is 23.0 Å². The molecule has 0 unspecified atom stereocenters. The quantitative estimate of drug-likeness (QED) is 0.450. The maximum atomic E-state index is 6.19. The molecule has 0 saturated heterocycles. The molecule has 2 aromatic heterocycles. The van der Waals surface area contributed by atoms with Crippen molar-refractivity contribution in [2.24, 2.45) is 5.41 Å². The zero-order chi connectivity index (χ0) is 20.8. The Morgan fingerprint density at radius 1 is 0.821 bits per heavy atom. The number of furan rings is 2. The highest BCUT2D eigenvalue weighted by molar-refractivity contribution is 5.07. The van der Waals surface area contributed by atoms with E-state index in [1.807, 2.05) is 38.1 Å². The molecule has 0 aliphatic heterocycles. The molecule has 0 N–H and O–H groups in total. The Balaban J connectivity index is 1.80. The second-order valence-electron chi connectivity index (χ2n) is 8.63. The van der Waals surface area contributed by atoms with Gasteiger partial charge >= 0.3 is 0 Å². The lowest BCUT2D eigenvalue weighted by atomic mass is 9.78. The molecule has 0 aliphatic rings. The van der Waals surface area contributed by atoms with E-state index < -0.39 is 0 Å². The van der Waals surface area contributed by atoms with E-state index in [-0.39, 0.29) is 17.1 Å². The lowest BCUT2D eigenvalue weighted by molar-refractivity contribution is -0.138. The summed E-state index contributed by atoms with van der Waals surface area (Å²) in [6.07, 6.45) is 1.07. The van der Waals surface area contributed by atoms with Crippen LogP contribution in [-0.2, 0) is 40.5 Å². The topological polar surface area (TPSA) is 54.0 Å². The minimum absolute atomic E-state index is 0.183. The monoisotopic (exact) mass is 392 g/mol. The fourth-order valence-corrected chi connectivity index (χ4v) is 2.54. The van der Waals surface area contributed by atoms with Crippen molar-refractivity contribution >= 4 is 0 Å². The minimum atomic E-state index is -0.383. The summed E-state index contributed by atoms with van der Waals surface area (Å²) in [5.74, 6) is 3.46. The van der Waals surface area contributed by atoms with Crippen LogP contribution in [0.5, 0.6) is 0 Å². The molecule has 0 atom stereocenters. The van der Waals surface area contributed by atoms with Gasteiger partial charge in [-0.15, -0.1) is 0 Å². The molecular formula is C23H36O5. The molecule has 28 heavy (non-hydrogen) atoms. The van der Waals surface area contributed by atoms with Crippen molar-refractivity contribution in [1.29, 1.82) is 0 Å². The zero-order valence-corrected chi connectivity index (χ0v) is 18.5. The van der Waals surface area contributed by atoms with Gasteiger partial charge in [-0.2, -0.15) is 0 Å². The molecule has 0 fully saturated rings. The van der Waals surface area contributed by atoms with E-state index in [0.717, 1.165) is 29.5 Å². The number of rotatable bonds is 12.